The van der Waals surface area contributed by atoms with Gasteiger partial charge in [0, 0.05) is 29.7 Å². The van der Waals surface area contributed by atoms with Crippen molar-refractivity contribution in [2.24, 2.45) is 0 Å². The summed E-state index contributed by atoms with van der Waals surface area (Å²) in [7, 11) is 0. The van der Waals surface area contributed by atoms with E-state index in [-0.39, 0.29) is 22.4 Å². The van der Waals surface area contributed by atoms with Crippen LogP contribution in [0.5, 0.6) is 0 Å². The third-order valence-corrected chi connectivity index (χ3v) is 5.25. The van der Waals surface area contributed by atoms with Crippen molar-refractivity contribution in [2.45, 2.75) is 11.8 Å². The van der Waals surface area contributed by atoms with Crippen molar-refractivity contribution in [3.8, 4) is 0 Å². The number of anilines is 1. The number of nitro benzene ring substituents is 1. The van der Waals surface area contributed by atoms with E-state index < -0.39 is 0 Å². The summed E-state index contributed by atoms with van der Waals surface area (Å²) in [5.41, 5.74) is 14.1. The molecule has 3 aromatic carbocycles. The molecule has 0 radical (unpaired) electrons. The van der Waals surface area contributed by atoms with E-state index in [2.05, 4.69) is 24.3 Å². The monoisotopic (exact) mass is 314 g/mol. The van der Waals surface area contributed by atoms with Crippen LogP contribution < -0.4 is 5.73 Å². The van der Waals surface area contributed by atoms with E-state index in [1.165, 1.54) is 22.3 Å². The van der Waals surface area contributed by atoms with Crippen LogP contribution in [-0.4, -0.2) is 4.92 Å². The van der Waals surface area contributed by atoms with E-state index in [0.29, 0.717) is 0 Å². The van der Waals surface area contributed by atoms with Gasteiger partial charge in [0.05, 0.1) is 4.92 Å². The molecule has 0 amide bonds. The van der Waals surface area contributed by atoms with Crippen LogP contribution in [-0.2, 0) is 0 Å². The zero-order chi connectivity index (χ0) is 16.4. The lowest BCUT2D eigenvalue weighted by Crippen LogP contribution is -2.27. The number of nitrogens with zero attached hydrogens (tertiary/aromatic N) is 1. The van der Waals surface area contributed by atoms with Crippen molar-refractivity contribution in [3.05, 3.63) is 104 Å². The highest BCUT2D eigenvalue weighted by atomic mass is 16.6. The molecule has 0 fully saturated rings. The van der Waals surface area contributed by atoms with Crippen LogP contribution >= 0.6 is 0 Å². The predicted molar refractivity (Wildman–Crippen MR) is 92.3 cm³/mol. The molecule has 116 valence electrons. The number of hydrogen-bond donors (Lipinski definition) is 1. The third-order valence-electron chi connectivity index (χ3n) is 5.25. The molecule has 2 N–H and O–H groups in total. The molecule has 0 spiro atoms. The van der Waals surface area contributed by atoms with Gasteiger partial charge in [-0.25, -0.2) is 0 Å². The first-order chi connectivity index (χ1) is 11.6. The average molecular weight is 314 g/mol. The Kier molecular flexibility index (Phi) is 2.47. The van der Waals surface area contributed by atoms with Gasteiger partial charge in [-0.15, -0.1) is 0 Å². The topological polar surface area (TPSA) is 69.2 Å². The van der Waals surface area contributed by atoms with Crippen molar-refractivity contribution in [1.82, 2.24) is 0 Å². The lowest BCUT2D eigenvalue weighted by atomic mass is 9.61. The molecule has 0 unspecified atom stereocenters. The molecule has 0 aliphatic heterocycles. The Morgan fingerprint density at radius 2 is 1.29 bits per heavy atom. The maximum atomic E-state index is 11.2. The second-order valence-corrected chi connectivity index (χ2v) is 6.45. The van der Waals surface area contributed by atoms with Gasteiger partial charge in [-0.1, -0.05) is 36.4 Å². The van der Waals surface area contributed by atoms with Gasteiger partial charge in [-0.2, -0.15) is 0 Å². The molecule has 3 aliphatic rings. The number of nitrogens with two attached hydrogens (primary N) is 1. The van der Waals surface area contributed by atoms with Gasteiger partial charge < -0.3 is 5.73 Å². The summed E-state index contributed by atoms with van der Waals surface area (Å²) in [4.78, 5) is 10.9. The molecule has 24 heavy (non-hydrogen) atoms. The molecule has 2 atom stereocenters. The minimum Gasteiger partial charge on any atom is -0.399 e. The molecular formula is C20H14N2O2. The molecule has 0 heterocycles. The van der Waals surface area contributed by atoms with Crippen molar-refractivity contribution in [1.29, 1.82) is 0 Å². The first-order valence-corrected chi connectivity index (χ1v) is 7.91. The normalized spacial score (nSPS) is 19.3. The van der Waals surface area contributed by atoms with Crippen LogP contribution in [0.2, 0.25) is 0 Å². The first kappa shape index (κ1) is 13.3. The van der Waals surface area contributed by atoms with Crippen LogP contribution in [0, 0.1) is 10.1 Å². The van der Waals surface area contributed by atoms with Crippen LogP contribution in [0.15, 0.2) is 60.7 Å². The fourth-order valence-corrected chi connectivity index (χ4v) is 4.34. The third kappa shape index (κ3) is 1.57. The van der Waals surface area contributed by atoms with Crippen molar-refractivity contribution < 1.29 is 4.92 Å². The smallest absolute Gasteiger partial charge is 0.269 e. The summed E-state index contributed by atoms with van der Waals surface area (Å²) in [5.74, 6) is 0.136. The Labute approximate surface area is 138 Å². The number of nitrogen functional groups attached to an aromatic ring is 1. The van der Waals surface area contributed by atoms with Gasteiger partial charge in [-0.05, 0) is 45.5 Å². The molecule has 6 rings (SSSR count). The van der Waals surface area contributed by atoms with Crippen LogP contribution in [0.4, 0.5) is 11.4 Å². The Hall–Kier alpha value is -3.14. The van der Waals surface area contributed by atoms with Gasteiger partial charge in [0.1, 0.15) is 0 Å². The summed E-state index contributed by atoms with van der Waals surface area (Å²) in [6.07, 6.45) is 0. The molecule has 0 saturated heterocycles. The quantitative estimate of drug-likeness (QED) is 0.287. The number of benzene rings is 3. The highest BCUT2D eigenvalue weighted by molar-refractivity contribution is 5.70. The average Bonchev–Trinajstić information content (AvgIpc) is 2.60. The van der Waals surface area contributed by atoms with Crippen LogP contribution in [0.25, 0.3) is 0 Å². The summed E-state index contributed by atoms with van der Waals surface area (Å²) in [6, 6.07) is 19.7. The Balaban J connectivity index is 1.86. The molecule has 0 aromatic heterocycles. The Morgan fingerprint density at radius 3 is 1.92 bits per heavy atom. The standard InChI is InChI=1S/C20H14N2O2/c21-11-5-7-15-17(9-11)19-13-3-1-2-4-14(13)20(15)18-10-12(22(23)24)6-8-16(18)19/h1-10,19-20H,21H2/t19-,20-/m1/s1. The highest BCUT2D eigenvalue weighted by Crippen LogP contribution is 2.56. The van der Waals surface area contributed by atoms with E-state index in [4.69, 9.17) is 5.73 Å². The fraction of sp³-hybridized carbons (Fsp3) is 0.100. The van der Waals surface area contributed by atoms with Gasteiger partial charge in [0.25, 0.3) is 5.69 Å². The van der Waals surface area contributed by atoms with Crippen LogP contribution in [0.1, 0.15) is 45.2 Å². The first-order valence-electron chi connectivity index (χ1n) is 7.91. The largest absolute Gasteiger partial charge is 0.399 e. The number of nitro groups is 1. The maximum Gasteiger partial charge on any atom is 0.269 e. The minimum absolute atomic E-state index is 0.0386. The number of hydrogen-bond acceptors (Lipinski definition) is 3. The van der Waals surface area contributed by atoms with Gasteiger partial charge in [-0.3, -0.25) is 10.1 Å². The molecule has 4 nitrogen and oxygen atoms in total. The number of rotatable bonds is 1. The summed E-state index contributed by atoms with van der Waals surface area (Å²) in [6.45, 7) is 0. The van der Waals surface area contributed by atoms with Crippen LogP contribution in [0.3, 0.4) is 0 Å². The van der Waals surface area contributed by atoms with E-state index in [9.17, 15) is 10.1 Å². The summed E-state index contributed by atoms with van der Waals surface area (Å²) < 4.78 is 0. The molecule has 2 bridgehead atoms. The second-order valence-electron chi connectivity index (χ2n) is 6.45. The van der Waals surface area contributed by atoms with Crippen molar-refractivity contribution >= 4 is 11.4 Å². The predicted octanol–water partition coefficient (Wildman–Crippen LogP) is 4.16. The second kappa shape index (κ2) is 4.45. The van der Waals surface area contributed by atoms with E-state index >= 15 is 0 Å². The summed E-state index contributed by atoms with van der Waals surface area (Å²) >= 11 is 0. The Bertz CT molecular complexity index is 1030. The number of non-ortho nitro benzene ring substituents is 1. The molecule has 4 heteroatoms. The zero-order valence-corrected chi connectivity index (χ0v) is 12.8. The highest BCUT2D eigenvalue weighted by Gasteiger charge is 2.41. The molecule has 0 saturated carbocycles. The maximum absolute atomic E-state index is 11.2. The molecular weight excluding hydrogens is 300 g/mol. The summed E-state index contributed by atoms with van der Waals surface area (Å²) in [5, 5.41) is 11.2. The van der Waals surface area contributed by atoms with E-state index in [1.54, 1.807) is 12.1 Å². The SMILES string of the molecule is Nc1ccc2c(c1)[C@@H]1c3ccccc3[C@H]2c2cc([N+](=O)[O-])ccc21. The van der Waals surface area contributed by atoms with Crippen molar-refractivity contribution in [3.63, 3.8) is 0 Å². The van der Waals surface area contributed by atoms with Crippen molar-refractivity contribution in [2.75, 3.05) is 5.73 Å². The fourth-order valence-electron chi connectivity index (χ4n) is 4.34. The van der Waals surface area contributed by atoms with Gasteiger partial charge in [0.2, 0.25) is 0 Å². The minimum atomic E-state index is -0.321. The molecule has 3 aliphatic carbocycles. The van der Waals surface area contributed by atoms with E-state index in [0.717, 1.165) is 16.8 Å². The lowest BCUT2D eigenvalue weighted by molar-refractivity contribution is -0.384. The molecule has 3 aromatic rings. The zero-order valence-electron chi connectivity index (χ0n) is 12.8. The van der Waals surface area contributed by atoms with E-state index in [1.807, 2.05) is 24.3 Å². The lowest BCUT2D eigenvalue weighted by Gasteiger charge is -2.42. The van der Waals surface area contributed by atoms with Gasteiger partial charge >= 0.3 is 0 Å². The Morgan fingerprint density at radius 1 is 0.750 bits per heavy atom. The van der Waals surface area contributed by atoms with Gasteiger partial charge in [0.15, 0.2) is 0 Å².